The molecule has 2 aromatic rings. The minimum atomic E-state index is -1.29. The van der Waals surface area contributed by atoms with E-state index in [9.17, 15) is 10.2 Å². The van der Waals surface area contributed by atoms with Crippen molar-refractivity contribution in [1.82, 2.24) is 19.7 Å². The second kappa shape index (κ2) is 5.65. The van der Waals surface area contributed by atoms with E-state index in [1.807, 2.05) is 14.1 Å². The van der Waals surface area contributed by atoms with E-state index in [0.29, 0.717) is 17.0 Å². The topological polar surface area (TPSA) is 126 Å². The highest BCUT2D eigenvalue weighted by molar-refractivity contribution is 5.82. The van der Waals surface area contributed by atoms with Gasteiger partial charge in [-0.25, -0.2) is 15.0 Å². The first-order valence-electron chi connectivity index (χ1n) is 6.68. The molecule has 120 valence electrons. The van der Waals surface area contributed by atoms with E-state index in [1.165, 1.54) is 17.4 Å². The lowest BCUT2D eigenvalue weighted by molar-refractivity contribution is -0.169. The first kappa shape index (κ1) is 14.9. The summed E-state index contributed by atoms with van der Waals surface area (Å²) in [4.78, 5) is 19.7. The van der Waals surface area contributed by atoms with Crippen LogP contribution in [0.4, 0.5) is 5.82 Å². The fourth-order valence-corrected chi connectivity index (χ4v) is 2.27. The van der Waals surface area contributed by atoms with Crippen molar-refractivity contribution in [2.24, 2.45) is 0 Å². The SMILES string of the molecule is CN(C)c1ncnc2c1ncn2OC1O[C@H](CO)[C@@H](O)[C@H]1O. The van der Waals surface area contributed by atoms with Gasteiger partial charge in [-0.1, -0.05) is 0 Å². The maximum atomic E-state index is 9.89. The summed E-state index contributed by atoms with van der Waals surface area (Å²) in [5.41, 5.74) is 0.927. The lowest BCUT2D eigenvalue weighted by Crippen LogP contribution is -2.38. The van der Waals surface area contributed by atoms with Crippen LogP contribution in [0.1, 0.15) is 0 Å². The summed E-state index contributed by atoms with van der Waals surface area (Å²) in [5, 5.41) is 28.7. The van der Waals surface area contributed by atoms with Crippen LogP contribution < -0.4 is 9.74 Å². The maximum absolute atomic E-state index is 9.89. The summed E-state index contributed by atoms with van der Waals surface area (Å²) in [6, 6.07) is 0. The Labute approximate surface area is 125 Å². The molecule has 1 saturated heterocycles. The highest BCUT2D eigenvalue weighted by Gasteiger charge is 2.44. The van der Waals surface area contributed by atoms with Crippen molar-refractivity contribution in [2.75, 3.05) is 25.6 Å². The van der Waals surface area contributed by atoms with Gasteiger partial charge in [0.2, 0.25) is 5.65 Å². The summed E-state index contributed by atoms with van der Waals surface area (Å²) in [5.74, 6) is 0.619. The van der Waals surface area contributed by atoms with Crippen LogP contribution in [-0.2, 0) is 4.74 Å². The van der Waals surface area contributed by atoms with Crippen LogP contribution in [0.2, 0.25) is 0 Å². The molecule has 2 aromatic heterocycles. The van der Waals surface area contributed by atoms with Crippen LogP contribution >= 0.6 is 0 Å². The van der Waals surface area contributed by atoms with E-state index in [1.54, 1.807) is 4.90 Å². The van der Waals surface area contributed by atoms with E-state index in [-0.39, 0.29) is 0 Å². The lowest BCUT2D eigenvalue weighted by atomic mass is 10.1. The van der Waals surface area contributed by atoms with E-state index >= 15 is 0 Å². The molecule has 0 aromatic carbocycles. The van der Waals surface area contributed by atoms with Gasteiger partial charge in [0.25, 0.3) is 6.29 Å². The highest BCUT2D eigenvalue weighted by Crippen LogP contribution is 2.23. The Kier molecular flexibility index (Phi) is 3.83. The van der Waals surface area contributed by atoms with Gasteiger partial charge >= 0.3 is 0 Å². The van der Waals surface area contributed by atoms with Crippen molar-refractivity contribution < 1.29 is 24.9 Å². The number of aliphatic hydroxyl groups is 3. The van der Waals surface area contributed by atoms with Crippen LogP contribution in [0.3, 0.4) is 0 Å². The lowest BCUT2D eigenvalue weighted by Gasteiger charge is -2.16. The molecule has 0 amide bonds. The summed E-state index contributed by atoms with van der Waals surface area (Å²) >= 11 is 0. The number of hydrogen-bond acceptors (Lipinski definition) is 9. The number of ether oxygens (including phenoxy) is 1. The first-order chi connectivity index (χ1) is 10.5. The molecule has 3 heterocycles. The average molecular weight is 311 g/mol. The fourth-order valence-electron chi connectivity index (χ4n) is 2.27. The third-order valence-electron chi connectivity index (χ3n) is 3.42. The van der Waals surface area contributed by atoms with Crippen molar-refractivity contribution in [1.29, 1.82) is 0 Å². The molecule has 0 saturated carbocycles. The number of aliphatic hydroxyl groups excluding tert-OH is 3. The van der Waals surface area contributed by atoms with Crippen molar-refractivity contribution in [3.05, 3.63) is 12.7 Å². The molecule has 3 N–H and O–H groups in total. The number of anilines is 1. The smallest absolute Gasteiger partial charge is 0.254 e. The van der Waals surface area contributed by atoms with Crippen LogP contribution in [0.25, 0.3) is 11.2 Å². The van der Waals surface area contributed by atoms with Gasteiger partial charge in [0.05, 0.1) is 6.61 Å². The molecular weight excluding hydrogens is 294 g/mol. The van der Waals surface area contributed by atoms with Gasteiger partial charge in [-0.2, -0.15) is 0 Å². The zero-order valence-electron chi connectivity index (χ0n) is 12.1. The summed E-state index contributed by atoms with van der Waals surface area (Å²) < 4.78 is 6.50. The standard InChI is InChI=1S/C12H17N5O5/c1-16(2)10-7-11(14-4-13-10)17(5-15-7)22-12-9(20)8(19)6(3-18)21-12/h4-6,8-9,12,18-20H,3H2,1-2H3/t6-,8-,9-,12?/m1/s1. The van der Waals surface area contributed by atoms with Crippen molar-refractivity contribution >= 4 is 17.0 Å². The highest BCUT2D eigenvalue weighted by atomic mass is 16.8. The zero-order chi connectivity index (χ0) is 15.9. The predicted molar refractivity (Wildman–Crippen MR) is 74.0 cm³/mol. The molecule has 1 fully saturated rings. The Morgan fingerprint density at radius 1 is 1.27 bits per heavy atom. The van der Waals surface area contributed by atoms with Crippen LogP contribution in [0.15, 0.2) is 12.7 Å². The van der Waals surface area contributed by atoms with E-state index in [2.05, 4.69) is 15.0 Å². The Bertz CT molecular complexity index is 662. The monoisotopic (exact) mass is 311 g/mol. The van der Waals surface area contributed by atoms with Gasteiger partial charge in [-0.15, -0.1) is 4.73 Å². The minimum Gasteiger partial charge on any atom is -0.394 e. The molecule has 4 atom stereocenters. The first-order valence-corrected chi connectivity index (χ1v) is 6.68. The Balaban J connectivity index is 1.88. The number of aromatic nitrogens is 4. The van der Waals surface area contributed by atoms with Gasteiger partial charge in [0, 0.05) is 14.1 Å². The molecule has 0 spiro atoms. The molecule has 0 bridgehead atoms. The largest absolute Gasteiger partial charge is 0.394 e. The third-order valence-corrected chi connectivity index (χ3v) is 3.42. The van der Waals surface area contributed by atoms with Gasteiger partial charge < -0.3 is 29.8 Å². The Morgan fingerprint density at radius 3 is 2.68 bits per heavy atom. The minimum absolute atomic E-state index is 0.399. The van der Waals surface area contributed by atoms with E-state index in [0.717, 1.165) is 0 Å². The van der Waals surface area contributed by atoms with Crippen LogP contribution in [-0.4, -0.2) is 80.3 Å². The molecule has 0 aliphatic carbocycles. The molecule has 1 unspecified atom stereocenters. The normalized spacial score (nSPS) is 28.2. The van der Waals surface area contributed by atoms with Crippen molar-refractivity contribution in [2.45, 2.75) is 24.6 Å². The van der Waals surface area contributed by atoms with Crippen LogP contribution in [0, 0.1) is 0 Å². The van der Waals surface area contributed by atoms with Crippen molar-refractivity contribution in [3.8, 4) is 0 Å². The van der Waals surface area contributed by atoms with E-state index in [4.69, 9.17) is 14.7 Å². The van der Waals surface area contributed by atoms with Crippen molar-refractivity contribution in [3.63, 3.8) is 0 Å². The summed E-state index contributed by atoms with van der Waals surface area (Å²) in [6.45, 7) is -0.421. The molecule has 3 rings (SSSR count). The zero-order valence-corrected chi connectivity index (χ0v) is 12.1. The quantitative estimate of drug-likeness (QED) is 0.574. The maximum Gasteiger partial charge on any atom is 0.254 e. The second-order valence-corrected chi connectivity index (χ2v) is 5.15. The fraction of sp³-hybridized carbons (Fsp3) is 0.583. The second-order valence-electron chi connectivity index (χ2n) is 5.15. The molecule has 22 heavy (non-hydrogen) atoms. The number of imidazole rings is 1. The third kappa shape index (κ3) is 2.35. The number of nitrogens with zero attached hydrogens (tertiary/aromatic N) is 5. The summed E-state index contributed by atoms with van der Waals surface area (Å²) in [6.07, 6.45) is -1.80. The van der Waals surface area contributed by atoms with Gasteiger partial charge in [0.1, 0.15) is 31.0 Å². The van der Waals surface area contributed by atoms with Gasteiger partial charge in [-0.05, 0) is 0 Å². The molecule has 10 heteroatoms. The number of fused-ring (bicyclic) bond motifs is 1. The average Bonchev–Trinajstić information content (AvgIpc) is 3.03. The van der Waals surface area contributed by atoms with Gasteiger partial charge in [0.15, 0.2) is 11.3 Å². The number of rotatable bonds is 4. The van der Waals surface area contributed by atoms with Gasteiger partial charge in [-0.3, -0.25) is 0 Å². The Hall–Kier alpha value is -2.01. The predicted octanol–water partition coefficient (Wildman–Crippen LogP) is -2.24. The molecule has 1 aliphatic heterocycles. The molecule has 10 nitrogen and oxygen atoms in total. The molecular formula is C12H17N5O5. The molecule has 0 radical (unpaired) electrons. The molecule has 1 aliphatic rings. The van der Waals surface area contributed by atoms with Crippen LogP contribution in [0.5, 0.6) is 0 Å². The Morgan fingerprint density at radius 2 is 2.05 bits per heavy atom. The number of hydrogen-bond donors (Lipinski definition) is 3. The van der Waals surface area contributed by atoms with E-state index < -0.39 is 31.2 Å². The summed E-state index contributed by atoms with van der Waals surface area (Å²) in [7, 11) is 3.65.